The lowest BCUT2D eigenvalue weighted by Gasteiger charge is -2.19. The molecule has 1 atom stereocenters. The average Bonchev–Trinajstić information content (AvgIpc) is 2.67. The van der Waals surface area contributed by atoms with Gasteiger partial charge >= 0.3 is 0 Å². The van der Waals surface area contributed by atoms with Crippen LogP contribution in [0.3, 0.4) is 0 Å². The highest BCUT2D eigenvalue weighted by molar-refractivity contribution is 6.07. The minimum Gasteiger partial charge on any atom is -0.508 e. The molecule has 1 aromatic heterocycles. The molecule has 0 saturated heterocycles. The van der Waals surface area contributed by atoms with Crippen molar-refractivity contribution >= 4 is 28.3 Å². The van der Waals surface area contributed by atoms with E-state index < -0.39 is 0 Å². The Morgan fingerprint density at radius 2 is 2.00 bits per heavy atom. The summed E-state index contributed by atoms with van der Waals surface area (Å²) in [4.78, 5) is 20.2. The predicted octanol–water partition coefficient (Wildman–Crippen LogP) is 2.81. The molecule has 2 aromatic carbocycles. The van der Waals surface area contributed by atoms with Gasteiger partial charge in [0.05, 0.1) is 11.2 Å². The molecular weight excluding hydrogens is 342 g/mol. The number of phenols is 1. The van der Waals surface area contributed by atoms with Crippen LogP contribution in [0.2, 0.25) is 0 Å². The van der Waals surface area contributed by atoms with Gasteiger partial charge in [-0.25, -0.2) is 15.4 Å². The Hall–Kier alpha value is -3.48. The monoisotopic (exact) mass is 361 g/mol. The number of phenolic OH excluding ortho intramolecular Hbond substituents is 1. The van der Waals surface area contributed by atoms with E-state index in [0.717, 1.165) is 33.6 Å². The highest BCUT2D eigenvalue weighted by Crippen LogP contribution is 2.24. The summed E-state index contributed by atoms with van der Waals surface area (Å²) in [5.74, 6) is 0.988. The zero-order chi connectivity index (χ0) is 18.8. The molecular formula is C20H19N5O2. The maximum Gasteiger partial charge on any atom is 0.240 e. The van der Waals surface area contributed by atoms with Crippen LogP contribution in [0.4, 0.5) is 5.82 Å². The number of aromatic hydroxyl groups is 1. The van der Waals surface area contributed by atoms with E-state index in [4.69, 9.17) is 0 Å². The van der Waals surface area contributed by atoms with Gasteiger partial charge in [0, 0.05) is 29.8 Å². The molecule has 27 heavy (non-hydrogen) atoms. The van der Waals surface area contributed by atoms with Crippen molar-refractivity contribution < 1.29 is 9.90 Å². The van der Waals surface area contributed by atoms with Crippen molar-refractivity contribution in [3.8, 4) is 5.75 Å². The first-order chi connectivity index (χ1) is 13.1. The second-order valence-corrected chi connectivity index (χ2v) is 6.61. The van der Waals surface area contributed by atoms with Crippen molar-refractivity contribution in [3.63, 3.8) is 0 Å². The number of carbonyl (C=O) groups excluding carboxylic acids is 1. The van der Waals surface area contributed by atoms with Gasteiger partial charge in [0.2, 0.25) is 5.91 Å². The normalized spacial score (nSPS) is 16.7. The van der Waals surface area contributed by atoms with Gasteiger partial charge in [-0.15, -0.1) is 0 Å². The Morgan fingerprint density at radius 3 is 2.78 bits per heavy atom. The van der Waals surface area contributed by atoms with E-state index in [9.17, 15) is 9.90 Å². The largest absolute Gasteiger partial charge is 0.508 e. The number of hydrogen-bond acceptors (Lipinski definition) is 6. The number of carbonyl (C=O) groups is 1. The zero-order valence-corrected chi connectivity index (χ0v) is 14.8. The number of hydrazone groups is 1. The van der Waals surface area contributed by atoms with Crippen LogP contribution in [0.5, 0.6) is 5.75 Å². The Balaban J connectivity index is 1.60. The Morgan fingerprint density at radius 1 is 1.19 bits per heavy atom. The van der Waals surface area contributed by atoms with Crippen LogP contribution in [0.15, 0.2) is 53.9 Å². The highest BCUT2D eigenvalue weighted by atomic mass is 16.3. The second kappa shape index (κ2) is 7.03. The van der Waals surface area contributed by atoms with Crippen LogP contribution in [-0.4, -0.2) is 26.7 Å². The Kier molecular flexibility index (Phi) is 4.42. The van der Waals surface area contributed by atoms with E-state index in [-0.39, 0.29) is 17.6 Å². The maximum absolute atomic E-state index is 11.5. The smallest absolute Gasteiger partial charge is 0.240 e. The molecule has 1 amide bonds. The second-order valence-electron chi connectivity index (χ2n) is 6.61. The molecule has 1 unspecified atom stereocenters. The van der Waals surface area contributed by atoms with Gasteiger partial charge in [-0.3, -0.25) is 4.79 Å². The van der Waals surface area contributed by atoms with E-state index in [0.29, 0.717) is 13.0 Å². The van der Waals surface area contributed by atoms with Crippen LogP contribution < -0.4 is 10.7 Å². The molecule has 3 N–H and O–H groups in total. The molecule has 3 aromatic rings. The van der Waals surface area contributed by atoms with E-state index in [1.54, 1.807) is 12.1 Å². The molecule has 0 fully saturated rings. The number of fused-ring (bicyclic) bond motifs is 1. The molecule has 4 rings (SSSR count). The lowest BCUT2D eigenvalue weighted by atomic mass is 9.93. The van der Waals surface area contributed by atoms with E-state index in [1.807, 2.05) is 37.3 Å². The van der Waals surface area contributed by atoms with Gasteiger partial charge in [-0.1, -0.05) is 25.1 Å². The van der Waals surface area contributed by atoms with E-state index in [1.165, 1.54) is 6.33 Å². The molecule has 7 nitrogen and oxygen atoms in total. The first-order valence-electron chi connectivity index (χ1n) is 8.73. The minimum absolute atomic E-state index is 0.0601. The number of amides is 1. The summed E-state index contributed by atoms with van der Waals surface area (Å²) in [6.45, 7) is 2.58. The van der Waals surface area contributed by atoms with Crippen molar-refractivity contribution in [3.05, 3.63) is 59.9 Å². The number of nitrogens with zero attached hydrogens (tertiary/aromatic N) is 3. The third kappa shape index (κ3) is 3.57. The molecule has 1 aliphatic rings. The molecule has 0 saturated carbocycles. The lowest BCUT2D eigenvalue weighted by molar-refractivity contribution is -0.121. The van der Waals surface area contributed by atoms with Crippen molar-refractivity contribution in [2.45, 2.75) is 19.9 Å². The summed E-state index contributed by atoms with van der Waals surface area (Å²) in [5.41, 5.74) is 6.19. The fourth-order valence-electron chi connectivity index (χ4n) is 3.16. The number of aromatic nitrogens is 2. The number of hydrogen-bond donors (Lipinski definition) is 3. The van der Waals surface area contributed by atoms with Gasteiger partial charge in [0.1, 0.15) is 17.9 Å². The summed E-state index contributed by atoms with van der Waals surface area (Å²) in [7, 11) is 0. The van der Waals surface area contributed by atoms with Crippen molar-refractivity contribution in [1.29, 1.82) is 0 Å². The summed E-state index contributed by atoms with van der Waals surface area (Å²) >= 11 is 0. The minimum atomic E-state index is -0.0601. The molecule has 0 aliphatic carbocycles. The van der Waals surface area contributed by atoms with Gasteiger partial charge in [0.25, 0.3) is 0 Å². The Bertz CT molecular complexity index is 1030. The number of benzene rings is 2. The van der Waals surface area contributed by atoms with Gasteiger partial charge in [0.15, 0.2) is 0 Å². The van der Waals surface area contributed by atoms with Crippen LogP contribution in [-0.2, 0) is 11.3 Å². The van der Waals surface area contributed by atoms with Crippen LogP contribution >= 0.6 is 0 Å². The molecule has 0 spiro atoms. The molecule has 0 radical (unpaired) electrons. The summed E-state index contributed by atoms with van der Waals surface area (Å²) in [5, 5.41) is 17.8. The third-order valence-corrected chi connectivity index (χ3v) is 4.59. The molecule has 0 bridgehead atoms. The fourth-order valence-corrected chi connectivity index (χ4v) is 3.16. The molecule has 7 heteroatoms. The molecule has 136 valence electrons. The first kappa shape index (κ1) is 17.0. The van der Waals surface area contributed by atoms with Gasteiger partial charge in [-0.05, 0) is 29.8 Å². The SMILES string of the molecule is CC1CC(=O)NN=C1c1ccc2c(NCc3ccc(O)cc3)ncnc2c1. The van der Waals surface area contributed by atoms with Crippen LogP contribution in [0, 0.1) is 5.92 Å². The topological polar surface area (TPSA) is 99.5 Å². The van der Waals surface area contributed by atoms with Crippen LogP contribution in [0.1, 0.15) is 24.5 Å². The number of nitrogens with one attached hydrogen (secondary N) is 2. The lowest BCUT2D eigenvalue weighted by Crippen LogP contribution is -2.31. The average molecular weight is 361 g/mol. The molecule has 1 aliphatic heterocycles. The third-order valence-electron chi connectivity index (χ3n) is 4.59. The zero-order valence-electron chi connectivity index (χ0n) is 14.8. The van der Waals surface area contributed by atoms with Crippen molar-refractivity contribution in [2.75, 3.05) is 5.32 Å². The number of rotatable bonds is 4. The summed E-state index contributed by atoms with van der Waals surface area (Å²) in [6, 6.07) is 13.0. The highest BCUT2D eigenvalue weighted by Gasteiger charge is 2.22. The first-order valence-corrected chi connectivity index (χ1v) is 8.73. The van der Waals surface area contributed by atoms with Crippen molar-refractivity contribution in [2.24, 2.45) is 11.0 Å². The Labute approximate surface area is 156 Å². The van der Waals surface area contributed by atoms with Crippen molar-refractivity contribution in [1.82, 2.24) is 15.4 Å². The van der Waals surface area contributed by atoms with Crippen LogP contribution in [0.25, 0.3) is 10.9 Å². The quantitative estimate of drug-likeness (QED) is 0.664. The maximum atomic E-state index is 11.5. The summed E-state index contributed by atoms with van der Waals surface area (Å²) < 4.78 is 0. The molecule has 2 heterocycles. The van der Waals surface area contributed by atoms with Gasteiger partial charge in [-0.2, -0.15) is 5.10 Å². The standard InChI is InChI=1S/C20H19N5O2/c1-12-8-18(27)24-25-19(12)14-4-7-16-17(9-14)22-11-23-20(16)21-10-13-2-5-15(26)6-3-13/h2-7,9,11-12,26H,8,10H2,1H3,(H,24,27)(H,21,22,23). The van der Waals surface area contributed by atoms with Gasteiger partial charge < -0.3 is 10.4 Å². The predicted molar refractivity (Wildman–Crippen MR) is 103 cm³/mol. The fraction of sp³-hybridized carbons (Fsp3) is 0.200. The summed E-state index contributed by atoms with van der Waals surface area (Å²) in [6.07, 6.45) is 1.96. The van der Waals surface area contributed by atoms with E-state index in [2.05, 4.69) is 25.8 Å². The van der Waals surface area contributed by atoms with E-state index >= 15 is 0 Å². The number of anilines is 1.